The largest absolute Gasteiger partial charge is 0.357 e. The lowest BCUT2D eigenvalue weighted by atomic mass is 10.1. The molecule has 1 heterocycles. The van der Waals surface area contributed by atoms with E-state index in [0.717, 1.165) is 28.8 Å². The number of aromatic nitrogens is 1. The van der Waals surface area contributed by atoms with E-state index in [9.17, 15) is 4.79 Å². The number of carbonyl (C=O) groups is 1. The molecule has 0 aliphatic rings. The minimum absolute atomic E-state index is 0.0714. The number of hydrogen-bond acceptors (Lipinski definition) is 4. The second-order valence-electron chi connectivity index (χ2n) is 7.70. The quantitative estimate of drug-likeness (QED) is 0.511. The summed E-state index contributed by atoms with van der Waals surface area (Å²) in [5.41, 5.74) is 2.45. The summed E-state index contributed by atoms with van der Waals surface area (Å²) < 4.78 is 0. The van der Waals surface area contributed by atoms with Crippen LogP contribution >= 0.6 is 11.3 Å². The van der Waals surface area contributed by atoms with Crippen LogP contribution in [0.2, 0.25) is 0 Å². The molecule has 0 radical (unpaired) electrons. The van der Waals surface area contributed by atoms with Crippen LogP contribution in [0.3, 0.4) is 0 Å². The van der Waals surface area contributed by atoms with Crippen LogP contribution < -0.4 is 16.0 Å². The summed E-state index contributed by atoms with van der Waals surface area (Å²) in [7, 11) is 0. The number of nitrogens with zero attached hydrogens (tertiary/aromatic N) is 2. The fraction of sp³-hybridized carbons (Fsp3) is 0.476. The van der Waals surface area contributed by atoms with E-state index in [1.54, 1.807) is 11.3 Å². The van der Waals surface area contributed by atoms with Crippen LogP contribution in [0, 0.1) is 13.8 Å². The number of thiazole rings is 1. The van der Waals surface area contributed by atoms with E-state index in [-0.39, 0.29) is 11.4 Å². The van der Waals surface area contributed by atoms with Gasteiger partial charge < -0.3 is 16.0 Å². The van der Waals surface area contributed by atoms with Crippen molar-refractivity contribution in [2.24, 2.45) is 4.99 Å². The standard InChI is InChI=1S/C21H31N5OS/c1-7-22-20(24-13-18-25-14(2)15(3)28-18)23-12-16-9-8-10-17(11-16)19(27)26-21(4,5)6/h8-11H,7,12-13H2,1-6H3,(H,26,27)(H2,22,23,24). The topological polar surface area (TPSA) is 78.4 Å². The molecule has 0 saturated heterocycles. The zero-order valence-electron chi connectivity index (χ0n) is 17.6. The Balaban J connectivity index is 2.03. The molecule has 0 fully saturated rings. The summed E-state index contributed by atoms with van der Waals surface area (Å²) in [6, 6.07) is 7.59. The summed E-state index contributed by atoms with van der Waals surface area (Å²) in [6.07, 6.45) is 0. The highest BCUT2D eigenvalue weighted by atomic mass is 32.1. The van der Waals surface area contributed by atoms with E-state index >= 15 is 0 Å². The minimum atomic E-state index is -0.264. The second-order valence-corrected chi connectivity index (χ2v) is 8.99. The lowest BCUT2D eigenvalue weighted by Crippen LogP contribution is -2.40. The molecule has 1 amide bonds. The Labute approximate surface area is 171 Å². The number of benzene rings is 1. The normalized spacial score (nSPS) is 12.0. The fourth-order valence-corrected chi connectivity index (χ4v) is 3.38. The molecule has 7 heteroatoms. The number of nitrogens with one attached hydrogen (secondary N) is 3. The van der Waals surface area contributed by atoms with Crippen LogP contribution in [0.5, 0.6) is 0 Å². The van der Waals surface area contributed by atoms with Crippen LogP contribution in [0.4, 0.5) is 0 Å². The van der Waals surface area contributed by atoms with Gasteiger partial charge >= 0.3 is 0 Å². The molecule has 1 aromatic heterocycles. The molecular formula is C21H31N5OS. The van der Waals surface area contributed by atoms with Crippen molar-refractivity contribution in [3.8, 4) is 0 Å². The van der Waals surface area contributed by atoms with Gasteiger partial charge in [-0.05, 0) is 59.2 Å². The van der Waals surface area contributed by atoms with Gasteiger partial charge in [0.25, 0.3) is 5.91 Å². The Kier molecular flexibility index (Phi) is 7.57. The third-order valence-electron chi connectivity index (χ3n) is 3.92. The third-order valence-corrected chi connectivity index (χ3v) is 4.99. The van der Waals surface area contributed by atoms with Gasteiger partial charge in [-0.1, -0.05) is 12.1 Å². The number of carbonyl (C=O) groups excluding carboxylic acids is 1. The van der Waals surface area contributed by atoms with Gasteiger partial charge in [-0.25, -0.2) is 9.98 Å². The average molecular weight is 402 g/mol. The van der Waals surface area contributed by atoms with E-state index in [4.69, 9.17) is 0 Å². The molecule has 28 heavy (non-hydrogen) atoms. The van der Waals surface area contributed by atoms with Crippen LogP contribution in [-0.4, -0.2) is 28.9 Å². The highest BCUT2D eigenvalue weighted by Crippen LogP contribution is 2.16. The number of rotatable bonds is 6. The lowest BCUT2D eigenvalue weighted by molar-refractivity contribution is 0.0919. The molecule has 6 nitrogen and oxygen atoms in total. The predicted octanol–water partition coefficient (Wildman–Crippen LogP) is 3.54. The molecular weight excluding hydrogens is 370 g/mol. The van der Waals surface area contributed by atoms with Crippen LogP contribution in [-0.2, 0) is 13.1 Å². The number of hydrogen-bond donors (Lipinski definition) is 3. The van der Waals surface area contributed by atoms with Crippen LogP contribution in [0.15, 0.2) is 29.3 Å². The van der Waals surface area contributed by atoms with Crippen molar-refractivity contribution < 1.29 is 4.79 Å². The second kappa shape index (κ2) is 9.68. The van der Waals surface area contributed by atoms with Gasteiger partial charge in [0.15, 0.2) is 5.96 Å². The monoisotopic (exact) mass is 401 g/mol. The maximum absolute atomic E-state index is 12.4. The van der Waals surface area contributed by atoms with E-state index in [1.165, 1.54) is 4.88 Å². The van der Waals surface area contributed by atoms with E-state index in [0.29, 0.717) is 18.7 Å². The number of guanidine groups is 1. The summed E-state index contributed by atoms with van der Waals surface area (Å²) in [6.45, 7) is 14.0. The maximum atomic E-state index is 12.4. The fourth-order valence-electron chi connectivity index (χ4n) is 2.51. The summed E-state index contributed by atoms with van der Waals surface area (Å²) in [5, 5.41) is 10.6. The first-order chi connectivity index (χ1) is 13.2. The Morgan fingerprint density at radius 3 is 2.57 bits per heavy atom. The first-order valence-corrected chi connectivity index (χ1v) is 10.4. The van der Waals surface area contributed by atoms with E-state index < -0.39 is 0 Å². The Morgan fingerprint density at radius 2 is 1.96 bits per heavy atom. The highest BCUT2D eigenvalue weighted by molar-refractivity contribution is 7.11. The van der Waals surface area contributed by atoms with Crippen molar-refractivity contribution in [1.82, 2.24) is 20.9 Å². The van der Waals surface area contributed by atoms with Gasteiger partial charge in [-0.3, -0.25) is 4.79 Å². The molecule has 152 valence electrons. The Bertz CT molecular complexity index is 816. The predicted molar refractivity (Wildman–Crippen MR) is 117 cm³/mol. The zero-order chi connectivity index (χ0) is 20.7. The molecule has 3 N–H and O–H groups in total. The number of aryl methyl sites for hydroxylation is 2. The van der Waals surface area contributed by atoms with E-state index in [2.05, 4.69) is 32.9 Å². The first-order valence-electron chi connectivity index (χ1n) is 9.54. The molecule has 2 aromatic rings. The summed E-state index contributed by atoms with van der Waals surface area (Å²) in [4.78, 5) is 22.8. The Morgan fingerprint density at radius 1 is 1.21 bits per heavy atom. The minimum Gasteiger partial charge on any atom is -0.357 e. The van der Waals surface area contributed by atoms with E-state index in [1.807, 2.05) is 58.9 Å². The van der Waals surface area contributed by atoms with Crippen molar-refractivity contribution in [3.63, 3.8) is 0 Å². The third kappa shape index (κ3) is 6.96. The average Bonchev–Trinajstić information content (AvgIpc) is 2.94. The van der Waals surface area contributed by atoms with Crippen molar-refractivity contribution in [1.29, 1.82) is 0 Å². The highest BCUT2D eigenvalue weighted by Gasteiger charge is 2.15. The van der Waals surface area contributed by atoms with Gasteiger partial charge in [0.2, 0.25) is 0 Å². The van der Waals surface area contributed by atoms with Crippen LogP contribution in [0.25, 0.3) is 0 Å². The summed E-state index contributed by atoms with van der Waals surface area (Å²) in [5.74, 6) is 0.662. The number of aliphatic imine (C=N–C) groups is 1. The van der Waals surface area contributed by atoms with Gasteiger partial charge in [0.1, 0.15) is 5.01 Å². The zero-order valence-corrected chi connectivity index (χ0v) is 18.5. The molecule has 0 bridgehead atoms. The molecule has 0 unspecified atom stereocenters. The molecule has 1 aromatic carbocycles. The van der Waals surface area contributed by atoms with Gasteiger partial charge in [0.05, 0.1) is 18.8 Å². The molecule has 0 atom stereocenters. The molecule has 2 rings (SSSR count). The summed E-state index contributed by atoms with van der Waals surface area (Å²) >= 11 is 1.70. The molecule has 0 aliphatic heterocycles. The Hall–Kier alpha value is -2.41. The van der Waals surface area contributed by atoms with Crippen LogP contribution in [0.1, 0.15) is 59.2 Å². The van der Waals surface area contributed by atoms with Gasteiger partial charge in [-0.15, -0.1) is 11.3 Å². The smallest absolute Gasteiger partial charge is 0.251 e. The van der Waals surface area contributed by atoms with Gasteiger partial charge in [0, 0.05) is 22.5 Å². The molecule has 0 spiro atoms. The van der Waals surface area contributed by atoms with Crippen molar-refractivity contribution >= 4 is 23.2 Å². The molecule has 0 saturated carbocycles. The number of amides is 1. The maximum Gasteiger partial charge on any atom is 0.251 e. The van der Waals surface area contributed by atoms with Crippen molar-refractivity contribution in [2.75, 3.05) is 6.54 Å². The van der Waals surface area contributed by atoms with Crippen molar-refractivity contribution in [3.05, 3.63) is 51.0 Å². The lowest BCUT2D eigenvalue weighted by Gasteiger charge is -2.20. The molecule has 0 aliphatic carbocycles. The first kappa shape index (κ1) is 21.9. The van der Waals surface area contributed by atoms with Gasteiger partial charge in [-0.2, -0.15) is 0 Å². The van der Waals surface area contributed by atoms with Crippen molar-refractivity contribution in [2.45, 2.75) is 60.2 Å². The SMILES string of the molecule is CCNC(=NCc1cccc(C(=O)NC(C)(C)C)c1)NCc1nc(C)c(C)s1.